The molecule has 0 N–H and O–H groups in total. The first-order chi connectivity index (χ1) is 9.18. The summed E-state index contributed by atoms with van der Waals surface area (Å²) in [7, 11) is 1.65. The lowest BCUT2D eigenvalue weighted by Crippen LogP contribution is -2.32. The van der Waals surface area contributed by atoms with Gasteiger partial charge in [-0.05, 0) is 24.1 Å². The van der Waals surface area contributed by atoms with Gasteiger partial charge in [-0.25, -0.2) is 0 Å². The Bertz CT molecular complexity index is 350. The van der Waals surface area contributed by atoms with Gasteiger partial charge < -0.3 is 9.47 Å². The molecule has 0 spiro atoms. The maximum Gasteiger partial charge on any atom is 0.0700 e. The van der Waals surface area contributed by atoms with Crippen molar-refractivity contribution in [1.29, 1.82) is 0 Å². The molecule has 0 heterocycles. The Kier molecular flexibility index (Phi) is 8.12. The van der Waals surface area contributed by atoms with Crippen molar-refractivity contribution < 1.29 is 9.47 Å². The van der Waals surface area contributed by atoms with Crippen LogP contribution in [0.2, 0.25) is 5.02 Å². The standard InChI is InChI=1S/C14H19Cl3O2/c1-18-8-9-19-7-6-14(10-15,11-16)12-2-4-13(17)5-3-12/h2-5H,6-11H2,1H3. The highest BCUT2D eigenvalue weighted by atomic mass is 35.5. The first kappa shape index (κ1) is 17.1. The summed E-state index contributed by atoms with van der Waals surface area (Å²) >= 11 is 18.2. The van der Waals surface area contributed by atoms with Gasteiger partial charge in [-0.3, -0.25) is 0 Å². The largest absolute Gasteiger partial charge is 0.382 e. The summed E-state index contributed by atoms with van der Waals surface area (Å²) in [5, 5.41) is 0.707. The third-order valence-corrected chi connectivity index (χ3v) is 4.40. The monoisotopic (exact) mass is 324 g/mol. The molecule has 0 aliphatic carbocycles. The molecule has 2 nitrogen and oxygen atoms in total. The number of halogens is 3. The fourth-order valence-electron chi connectivity index (χ4n) is 1.78. The first-order valence-corrected chi connectivity index (χ1v) is 7.58. The van der Waals surface area contributed by atoms with E-state index in [9.17, 15) is 0 Å². The Morgan fingerprint density at radius 1 is 1.00 bits per heavy atom. The predicted molar refractivity (Wildman–Crippen MR) is 81.9 cm³/mol. The molecule has 0 atom stereocenters. The van der Waals surface area contributed by atoms with Crippen LogP contribution >= 0.6 is 34.8 Å². The minimum absolute atomic E-state index is 0.277. The molecule has 5 heteroatoms. The molecular weight excluding hydrogens is 307 g/mol. The van der Waals surface area contributed by atoms with Gasteiger partial charge in [0.2, 0.25) is 0 Å². The van der Waals surface area contributed by atoms with Gasteiger partial charge in [-0.1, -0.05) is 23.7 Å². The molecule has 0 unspecified atom stereocenters. The number of benzene rings is 1. The van der Waals surface area contributed by atoms with Crippen LogP contribution in [-0.4, -0.2) is 38.7 Å². The summed E-state index contributed by atoms with van der Waals surface area (Å²) in [5.74, 6) is 0.900. The number of hydrogen-bond acceptors (Lipinski definition) is 2. The van der Waals surface area contributed by atoms with Crippen LogP contribution in [0.25, 0.3) is 0 Å². The van der Waals surface area contributed by atoms with Crippen molar-refractivity contribution in [2.24, 2.45) is 0 Å². The Morgan fingerprint density at radius 3 is 2.16 bits per heavy atom. The molecule has 0 amide bonds. The van der Waals surface area contributed by atoms with E-state index in [4.69, 9.17) is 44.3 Å². The van der Waals surface area contributed by atoms with Gasteiger partial charge in [0.1, 0.15) is 0 Å². The van der Waals surface area contributed by atoms with Gasteiger partial charge in [0.25, 0.3) is 0 Å². The van der Waals surface area contributed by atoms with Crippen molar-refractivity contribution in [3.63, 3.8) is 0 Å². The van der Waals surface area contributed by atoms with Gasteiger partial charge in [-0.15, -0.1) is 23.2 Å². The van der Waals surface area contributed by atoms with Crippen molar-refractivity contribution in [2.75, 3.05) is 38.7 Å². The predicted octanol–water partition coefficient (Wildman–Crippen LogP) is 4.11. The lowest BCUT2D eigenvalue weighted by atomic mass is 9.81. The van der Waals surface area contributed by atoms with E-state index in [2.05, 4.69) is 0 Å². The van der Waals surface area contributed by atoms with E-state index < -0.39 is 0 Å². The van der Waals surface area contributed by atoms with Crippen LogP contribution in [0.3, 0.4) is 0 Å². The smallest absolute Gasteiger partial charge is 0.0700 e. The van der Waals surface area contributed by atoms with E-state index in [0.29, 0.717) is 36.6 Å². The normalized spacial score (nSPS) is 11.8. The molecule has 108 valence electrons. The van der Waals surface area contributed by atoms with Crippen molar-refractivity contribution >= 4 is 34.8 Å². The Balaban J connectivity index is 2.65. The zero-order valence-corrected chi connectivity index (χ0v) is 13.3. The molecule has 0 aliphatic rings. The quantitative estimate of drug-likeness (QED) is 0.502. The molecule has 0 saturated carbocycles. The minimum atomic E-state index is -0.277. The average Bonchev–Trinajstić information content (AvgIpc) is 2.45. The number of rotatable bonds is 9. The van der Waals surface area contributed by atoms with Gasteiger partial charge in [0, 0.05) is 35.9 Å². The van der Waals surface area contributed by atoms with Crippen molar-refractivity contribution in [3.05, 3.63) is 34.9 Å². The highest BCUT2D eigenvalue weighted by Gasteiger charge is 2.30. The van der Waals surface area contributed by atoms with Crippen LogP contribution in [0.15, 0.2) is 24.3 Å². The van der Waals surface area contributed by atoms with Crippen LogP contribution < -0.4 is 0 Å². The molecule has 0 fully saturated rings. The summed E-state index contributed by atoms with van der Waals surface area (Å²) in [5.41, 5.74) is 0.818. The molecular formula is C14H19Cl3O2. The van der Waals surface area contributed by atoms with E-state index in [1.165, 1.54) is 0 Å². The van der Waals surface area contributed by atoms with Gasteiger partial charge in [0.05, 0.1) is 13.2 Å². The second-order valence-corrected chi connectivity index (χ2v) is 5.38. The number of methoxy groups -OCH3 is 1. The molecule has 0 radical (unpaired) electrons. The third kappa shape index (κ3) is 5.13. The zero-order valence-electron chi connectivity index (χ0n) is 11.0. The lowest BCUT2D eigenvalue weighted by Gasteiger charge is -2.30. The fourth-order valence-corrected chi connectivity index (χ4v) is 2.77. The van der Waals surface area contributed by atoms with E-state index in [-0.39, 0.29) is 5.41 Å². The Hall–Kier alpha value is 0.01000. The SMILES string of the molecule is COCCOCCC(CCl)(CCl)c1ccc(Cl)cc1. The Labute approximate surface area is 129 Å². The summed E-state index contributed by atoms with van der Waals surface area (Å²) in [6.07, 6.45) is 0.769. The summed E-state index contributed by atoms with van der Waals surface area (Å²) < 4.78 is 10.4. The first-order valence-electron chi connectivity index (χ1n) is 6.13. The second kappa shape index (κ2) is 9.04. The second-order valence-electron chi connectivity index (χ2n) is 4.41. The summed E-state index contributed by atoms with van der Waals surface area (Å²) in [6, 6.07) is 7.66. The highest BCUT2D eigenvalue weighted by molar-refractivity contribution is 6.30. The molecule has 1 aromatic rings. The third-order valence-electron chi connectivity index (χ3n) is 3.12. The topological polar surface area (TPSA) is 18.5 Å². The maximum absolute atomic E-state index is 6.14. The average molecular weight is 326 g/mol. The highest BCUT2D eigenvalue weighted by Crippen LogP contribution is 2.32. The van der Waals surface area contributed by atoms with Crippen molar-refractivity contribution in [2.45, 2.75) is 11.8 Å². The molecule has 0 aliphatic heterocycles. The van der Waals surface area contributed by atoms with E-state index in [1.54, 1.807) is 7.11 Å². The Morgan fingerprint density at radius 2 is 1.63 bits per heavy atom. The molecule has 1 rings (SSSR count). The summed E-state index contributed by atoms with van der Waals surface area (Å²) in [4.78, 5) is 0. The van der Waals surface area contributed by atoms with Crippen LogP contribution in [0.5, 0.6) is 0 Å². The minimum Gasteiger partial charge on any atom is -0.382 e. The molecule has 0 saturated heterocycles. The lowest BCUT2D eigenvalue weighted by molar-refractivity contribution is 0.0632. The van der Waals surface area contributed by atoms with Gasteiger partial charge >= 0.3 is 0 Å². The van der Waals surface area contributed by atoms with Crippen LogP contribution in [0.4, 0.5) is 0 Å². The van der Waals surface area contributed by atoms with E-state index in [0.717, 1.165) is 12.0 Å². The van der Waals surface area contributed by atoms with Crippen molar-refractivity contribution in [1.82, 2.24) is 0 Å². The van der Waals surface area contributed by atoms with Crippen LogP contribution in [0.1, 0.15) is 12.0 Å². The van der Waals surface area contributed by atoms with Crippen molar-refractivity contribution in [3.8, 4) is 0 Å². The molecule has 0 aromatic heterocycles. The number of ether oxygens (including phenoxy) is 2. The zero-order chi connectivity index (χ0) is 14.1. The molecule has 0 bridgehead atoms. The maximum atomic E-state index is 6.14. The molecule has 19 heavy (non-hydrogen) atoms. The van der Waals surface area contributed by atoms with Gasteiger partial charge in [0.15, 0.2) is 0 Å². The summed E-state index contributed by atoms with van der Waals surface area (Å²) in [6.45, 7) is 1.78. The number of alkyl halides is 2. The van der Waals surface area contributed by atoms with E-state index in [1.807, 2.05) is 24.3 Å². The fraction of sp³-hybridized carbons (Fsp3) is 0.571. The van der Waals surface area contributed by atoms with Crippen LogP contribution in [-0.2, 0) is 14.9 Å². The van der Waals surface area contributed by atoms with E-state index >= 15 is 0 Å². The number of hydrogen-bond donors (Lipinski definition) is 0. The van der Waals surface area contributed by atoms with Crippen LogP contribution in [0, 0.1) is 0 Å². The van der Waals surface area contributed by atoms with Gasteiger partial charge in [-0.2, -0.15) is 0 Å². The molecule has 1 aromatic carbocycles.